The fourth-order valence-electron chi connectivity index (χ4n) is 3.36. The molecule has 0 unspecified atom stereocenters. The topological polar surface area (TPSA) is 46.9 Å². The molecule has 0 fully saturated rings. The lowest BCUT2D eigenvalue weighted by Crippen LogP contribution is -2.17. The minimum Gasteiger partial charge on any atom is -0.322 e. The first-order valence-electron chi connectivity index (χ1n) is 9.60. The molecule has 144 valence electrons. The predicted molar refractivity (Wildman–Crippen MR) is 118 cm³/mol. The Hall–Kier alpha value is -3.66. The number of imidazole rings is 1. The Labute approximate surface area is 170 Å². The van der Waals surface area contributed by atoms with Crippen molar-refractivity contribution in [2.24, 2.45) is 7.05 Å². The second kappa shape index (κ2) is 7.76. The van der Waals surface area contributed by atoms with Crippen molar-refractivity contribution in [1.29, 1.82) is 0 Å². The lowest BCUT2D eigenvalue weighted by Gasteiger charge is -2.09. The monoisotopic (exact) mass is 381 g/mol. The average molecular weight is 381 g/mol. The second-order valence-electron chi connectivity index (χ2n) is 7.24. The van der Waals surface area contributed by atoms with Crippen LogP contribution in [0.4, 0.5) is 5.69 Å². The van der Waals surface area contributed by atoms with Gasteiger partial charge >= 0.3 is 0 Å². The van der Waals surface area contributed by atoms with Gasteiger partial charge in [-0.05, 0) is 26.0 Å². The zero-order valence-electron chi connectivity index (χ0n) is 16.8. The van der Waals surface area contributed by atoms with Gasteiger partial charge < -0.3 is 9.88 Å². The van der Waals surface area contributed by atoms with E-state index in [0.29, 0.717) is 5.82 Å². The third-order valence-corrected chi connectivity index (χ3v) is 4.98. The molecular weight excluding hydrogens is 358 g/mol. The molecule has 4 nitrogen and oxygen atoms in total. The average Bonchev–Trinajstić information content (AvgIpc) is 3.07. The molecule has 29 heavy (non-hydrogen) atoms. The summed E-state index contributed by atoms with van der Waals surface area (Å²) in [5, 5.41) is 2.94. The maximum Gasteiger partial charge on any atom is 0.291 e. The van der Waals surface area contributed by atoms with Crippen molar-refractivity contribution in [3.63, 3.8) is 0 Å². The molecule has 0 saturated heterocycles. The molecular formula is C25H23N3O. The highest BCUT2D eigenvalue weighted by Gasteiger charge is 2.22. The number of nitrogens with one attached hydrogen (secondary N) is 1. The fourth-order valence-corrected chi connectivity index (χ4v) is 3.36. The van der Waals surface area contributed by atoms with Crippen molar-refractivity contribution < 1.29 is 4.79 Å². The van der Waals surface area contributed by atoms with Gasteiger partial charge in [0, 0.05) is 23.9 Å². The largest absolute Gasteiger partial charge is 0.322 e. The van der Waals surface area contributed by atoms with Crippen molar-refractivity contribution in [3.05, 3.63) is 95.8 Å². The second-order valence-corrected chi connectivity index (χ2v) is 7.24. The number of anilines is 1. The van der Waals surface area contributed by atoms with E-state index in [1.807, 2.05) is 54.1 Å². The van der Waals surface area contributed by atoms with Gasteiger partial charge in [0.2, 0.25) is 0 Å². The first kappa shape index (κ1) is 18.7. The number of benzene rings is 3. The van der Waals surface area contributed by atoms with Gasteiger partial charge in [-0.3, -0.25) is 4.79 Å². The zero-order chi connectivity index (χ0) is 20.4. The summed E-state index contributed by atoms with van der Waals surface area (Å²) in [6.07, 6.45) is 0. The highest BCUT2D eigenvalue weighted by molar-refractivity contribution is 6.03. The van der Waals surface area contributed by atoms with E-state index >= 15 is 0 Å². The highest BCUT2D eigenvalue weighted by atomic mass is 16.2. The number of aromatic nitrogens is 2. The van der Waals surface area contributed by atoms with E-state index in [1.54, 1.807) is 0 Å². The first-order chi connectivity index (χ1) is 14.0. The zero-order valence-corrected chi connectivity index (χ0v) is 16.8. The first-order valence-corrected chi connectivity index (χ1v) is 9.60. The number of hydrogen-bond acceptors (Lipinski definition) is 2. The SMILES string of the molecule is Cc1ccc(-c2nc(C(=O)Nc3ccccc3)n(C)c2-c2ccc(C)cc2)cc1. The van der Waals surface area contributed by atoms with E-state index in [0.717, 1.165) is 28.2 Å². The Balaban J connectivity index is 1.83. The smallest absolute Gasteiger partial charge is 0.291 e. The van der Waals surface area contributed by atoms with E-state index in [4.69, 9.17) is 4.98 Å². The molecule has 1 heterocycles. The third kappa shape index (κ3) is 3.83. The van der Waals surface area contributed by atoms with Crippen molar-refractivity contribution in [3.8, 4) is 22.5 Å². The molecule has 0 aliphatic rings. The summed E-state index contributed by atoms with van der Waals surface area (Å²) < 4.78 is 1.87. The normalized spacial score (nSPS) is 10.7. The lowest BCUT2D eigenvalue weighted by atomic mass is 10.0. The number of hydrogen-bond donors (Lipinski definition) is 1. The van der Waals surface area contributed by atoms with Crippen LogP contribution < -0.4 is 5.32 Å². The van der Waals surface area contributed by atoms with E-state index < -0.39 is 0 Å². The van der Waals surface area contributed by atoms with E-state index in [1.165, 1.54) is 11.1 Å². The third-order valence-electron chi connectivity index (χ3n) is 4.98. The van der Waals surface area contributed by atoms with Crippen LogP contribution in [-0.2, 0) is 7.05 Å². The number of rotatable bonds is 4. The van der Waals surface area contributed by atoms with Crippen LogP contribution in [0.3, 0.4) is 0 Å². The van der Waals surface area contributed by atoms with E-state index in [-0.39, 0.29) is 5.91 Å². The molecule has 0 radical (unpaired) electrons. The molecule has 1 amide bonds. The summed E-state index contributed by atoms with van der Waals surface area (Å²) in [4.78, 5) is 17.7. The van der Waals surface area contributed by atoms with Crippen molar-refractivity contribution in [2.45, 2.75) is 13.8 Å². The molecule has 4 aromatic rings. The van der Waals surface area contributed by atoms with Crippen LogP contribution in [0, 0.1) is 13.8 Å². The van der Waals surface area contributed by atoms with Gasteiger partial charge in [-0.1, -0.05) is 77.9 Å². The van der Waals surface area contributed by atoms with Crippen molar-refractivity contribution in [1.82, 2.24) is 9.55 Å². The molecule has 0 atom stereocenters. The molecule has 3 aromatic carbocycles. The number of carbonyl (C=O) groups is 1. The molecule has 4 rings (SSSR count). The summed E-state index contributed by atoms with van der Waals surface area (Å²) in [5.74, 6) is 0.144. The van der Waals surface area contributed by atoms with Gasteiger partial charge in [-0.2, -0.15) is 0 Å². The lowest BCUT2D eigenvalue weighted by molar-refractivity contribution is 0.101. The van der Waals surface area contributed by atoms with Crippen LogP contribution >= 0.6 is 0 Å². The number of amides is 1. The minimum atomic E-state index is -0.231. The van der Waals surface area contributed by atoms with Gasteiger partial charge in [0.05, 0.1) is 11.4 Å². The molecule has 1 N–H and O–H groups in total. The van der Waals surface area contributed by atoms with Gasteiger partial charge in [-0.25, -0.2) is 4.98 Å². The minimum absolute atomic E-state index is 0.231. The van der Waals surface area contributed by atoms with Crippen LogP contribution in [0.1, 0.15) is 21.7 Å². The van der Waals surface area contributed by atoms with E-state index in [2.05, 4.69) is 55.6 Å². The molecule has 0 aliphatic heterocycles. The molecule has 0 saturated carbocycles. The quantitative estimate of drug-likeness (QED) is 0.498. The number of carbonyl (C=O) groups excluding carboxylic acids is 1. The van der Waals surface area contributed by atoms with Crippen molar-refractivity contribution >= 4 is 11.6 Å². The van der Waals surface area contributed by atoms with Gasteiger partial charge in [-0.15, -0.1) is 0 Å². The van der Waals surface area contributed by atoms with Gasteiger partial charge in [0.25, 0.3) is 5.91 Å². The Bertz CT molecular complexity index is 1140. The summed E-state index contributed by atoms with van der Waals surface area (Å²) in [5.41, 5.74) is 6.86. The standard InChI is InChI=1S/C25H23N3O/c1-17-9-13-19(14-10-17)22-23(20-15-11-18(2)12-16-20)28(3)24(27-22)25(29)26-21-7-5-4-6-8-21/h4-16H,1-3H3,(H,26,29). The summed E-state index contributed by atoms with van der Waals surface area (Å²) in [6.45, 7) is 4.12. The van der Waals surface area contributed by atoms with Crippen LogP contribution in [0.2, 0.25) is 0 Å². The maximum absolute atomic E-state index is 13.0. The summed E-state index contributed by atoms with van der Waals surface area (Å²) in [6, 6.07) is 25.9. The highest BCUT2D eigenvalue weighted by Crippen LogP contribution is 2.33. The van der Waals surface area contributed by atoms with Crippen LogP contribution in [0.5, 0.6) is 0 Å². The Morgan fingerprint density at radius 3 is 1.93 bits per heavy atom. The van der Waals surface area contributed by atoms with Gasteiger partial charge in [0.1, 0.15) is 0 Å². The Morgan fingerprint density at radius 2 is 1.34 bits per heavy atom. The van der Waals surface area contributed by atoms with E-state index in [9.17, 15) is 4.79 Å². The Kier molecular flexibility index (Phi) is 5.00. The van der Waals surface area contributed by atoms with Crippen LogP contribution in [-0.4, -0.2) is 15.5 Å². The fraction of sp³-hybridized carbons (Fsp3) is 0.120. The molecule has 0 spiro atoms. The summed E-state index contributed by atoms with van der Waals surface area (Å²) >= 11 is 0. The molecule has 1 aromatic heterocycles. The Morgan fingerprint density at radius 1 is 0.793 bits per heavy atom. The molecule has 0 aliphatic carbocycles. The van der Waals surface area contributed by atoms with Gasteiger partial charge in [0.15, 0.2) is 5.82 Å². The molecule has 0 bridgehead atoms. The van der Waals surface area contributed by atoms with Crippen LogP contribution in [0.15, 0.2) is 78.9 Å². The van der Waals surface area contributed by atoms with Crippen LogP contribution in [0.25, 0.3) is 22.5 Å². The van der Waals surface area contributed by atoms with Crippen molar-refractivity contribution in [2.75, 3.05) is 5.32 Å². The maximum atomic E-state index is 13.0. The molecule has 4 heteroatoms. The number of aryl methyl sites for hydroxylation is 2. The predicted octanol–water partition coefficient (Wildman–Crippen LogP) is 5.62. The summed E-state index contributed by atoms with van der Waals surface area (Å²) in [7, 11) is 1.89. The number of nitrogens with zero attached hydrogens (tertiary/aromatic N) is 2. The number of para-hydroxylation sites is 1.